The molecule has 3 nitrogen and oxygen atoms in total. The lowest BCUT2D eigenvalue weighted by atomic mass is 9.47. The standard InChI is InChI=1S/C17H27N3/c1-2-16-19-3-4-20(16)15(11-18)17-8-12-5-13(9-17)7-14(6-12)10-17/h3-4,12-15H,2,5-11,18H2,1H3. The number of hydrogen-bond acceptors (Lipinski definition) is 2. The molecule has 0 amide bonds. The SMILES string of the molecule is CCc1nccn1C(CN)C12CC3CC(CC(C3)C1)C2. The molecule has 2 N–H and O–H groups in total. The van der Waals surface area contributed by atoms with Crippen molar-refractivity contribution in [2.24, 2.45) is 28.9 Å². The smallest absolute Gasteiger partial charge is 0.108 e. The Morgan fingerprint density at radius 1 is 1.25 bits per heavy atom. The Kier molecular flexibility index (Phi) is 2.95. The van der Waals surface area contributed by atoms with Gasteiger partial charge in [0.2, 0.25) is 0 Å². The molecule has 4 fully saturated rings. The van der Waals surface area contributed by atoms with E-state index >= 15 is 0 Å². The van der Waals surface area contributed by atoms with Crippen LogP contribution >= 0.6 is 0 Å². The average molecular weight is 273 g/mol. The first kappa shape index (κ1) is 12.9. The summed E-state index contributed by atoms with van der Waals surface area (Å²) in [5.41, 5.74) is 6.74. The first-order chi connectivity index (χ1) is 9.74. The highest BCUT2D eigenvalue weighted by atomic mass is 15.1. The zero-order valence-corrected chi connectivity index (χ0v) is 12.6. The Labute approximate surface area is 122 Å². The van der Waals surface area contributed by atoms with Crippen LogP contribution < -0.4 is 5.73 Å². The van der Waals surface area contributed by atoms with Crippen LogP contribution in [0.3, 0.4) is 0 Å². The molecule has 0 radical (unpaired) electrons. The molecule has 5 rings (SSSR count). The molecule has 1 aromatic rings. The monoisotopic (exact) mass is 273 g/mol. The van der Waals surface area contributed by atoms with Gasteiger partial charge in [-0.15, -0.1) is 0 Å². The minimum atomic E-state index is 0.480. The molecule has 0 saturated heterocycles. The van der Waals surface area contributed by atoms with Gasteiger partial charge in [0.05, 0.1) is 6.04 Å². The quantitative estimate of drug-likeness (QED) is 0.915. The average Bonchev–Trinajstić information content (AvgIpc) is 2.85. The van der Waals surface area contributed by atoms with E-state index in [1.807, 2.05) is 6.20 Å². The Hall–Kier alpha value is -0.830. The fourth-order valence-electron chi connectivity index (χ4n) is 6.15. The van der Waals surface area contributed by atoms with Gasteiger partial charge in [0.15, 0.2) is 0 Å². The van der Waals surface area contributed by atoms with Crippen LogP contribution in [0.1, 0.15) is 57.3 Å². The fourth-order valence-corrected chi connectivity index (χ4v) is 6.15. The molecular weight excluding hydrogens is 246 g/mol. The first-order valence-electron chi connectivity index (χ1n) is 8.46. The van der Waals surface area contributed by atoms with Crippen LogP contribution in [0, 0.1) is 23.2 Å². The Balaban J connectivity index is 1.71. The van der Waals surface area contributed by atoms with Gasteiger partial charge in [0.25, 0.3) is 0 Å². The van der Waals surface area contributed by atoms with Crippen molar-refractivity contribution < 1.29 is 0 Å². The topological polar surface area (TPSA) is 43.8 Å². The summed E-state index contributed by atoms with van der Waals surface area (Å²) in [5.74, 6) is 4.19. The second-order valence-electron chi connectivity index (χ2n) is 7.64. The van der Waals surface area contributed by atoms with Crippen molar-refractivity contribution >= 4 is 0 Å². The third kappa shape index (κ3) is 1.78. The van der Waals surface area contributed by atoms with Crippen molar-refractivity contribution in [1.82, 2.24) is 9.55 Å². The highest BCUT2D eigenvalue weighted by Crippen LogP contribution is 2.63. The summed E-state index contributed by atoms with van der Waals surface area (Å²) < 4.78 is 2.42. The van der Waals surface area contributed by atoms with Crippen LogP contribution in [0.4, 0.5) is 0 Å². The van der Waals surface area contributed by atoms with Crippen LogP contribution in [0.25, 0.3) is 0 Å². The first-order valence-corrected chi connectivity index (χ1v) is 8.46. The molecule has 1 unspecified atom stereocenters. The third-order valence-corrected chi connectivity index (χ3v) is 6.42. The number of hydrogen-bond donors (Lipinski definition) is 1. The minimum Gasteiger partial charge on any atom is -0.330 e. The summed E-state index contributed by atoms with van der Waals surface area (Å²) in [4.78, 5) is 4.54. The van der Waals surface area contributed by atoms with Crippen molar-refractivity contribution in [2.45, 2.75) is 57.9 Å². The molecule has 4 saturated carbocycles. The molecule has 0 aliphatic heterocycles. The zero-order chi connectivity index (χ0) is 13.7. The van der Waals surface area contributed by atoms with Gasteiger partial charge in [-0.25, -0.2) is 4.98 Å². The van der Waals surface area contributed by atoms with E-state index in [2.05, 4.69) is 22.7 Å². The molecule has 1 aromatic heterocycles. The van der Waals surface area contributed by atoms with E-state index < -0.39 is 0 Å². The number of rotatable bonds is 4. The summed E-state index contributed by atoms with van der Waals surface area (Å²) >= 11 is 0. The molecule has 20 heavy (non-hydrogen) atoms. The molecule has 3 heteroatoms. The maximum atomic E-state index is 6.26. The molecule has 4 aliphatic rings. The van der Waals surface area contributed by atoms with Crippen LogP contribution in [0.15, 0.2) is 12.4 Å². The molecular formula is C17H27N3. The molecule has 1 heterocycles. The normalized spacial score (nSPS) is 40.2. The predicted molar refractivity (Wildman–Crippen MR) is 80.3 cm³/mol. The summed E-state index contributed by atoms with van der Waals surface area (Å²) in [6, 6.07) is 0.480. The van der Waals surface area contributed by atoms with E-state index in [0.717, 1.165) is 30.7 Å². The lowest BCUT2D eigenvalue weighted by Crippen LogP contribution is -2.51. The molecule has 4 aliphatic carbocycles. The van der Waals surface area contributed by atoms with Crippen LogP contribution in [0.5, 0.6) is 0 Å². The van der Waals surface area contributed by atoms with Gasteiger partial charge in [-0.1, -0.05) is 6.92 Å². The van der Waals surface area contributed by atoms with E-state index in [4.69, 9.17) is 5.73 Å². The van der Waals surface area contributed by atoms with Crippen molar-refractivity contribution in [1.29, 1.82) is 0 Å². The maximum Gasteiger partial charge on any atom is 0.108 e. The van der Waals surface area contributed by atoms with Gasteiger partial charge >= 0.3 is 0 Å². The second kappa shape index (κ2) is 4.59. The number of aryl methyl sites for hydroxylation is 1. The molecule has 4 bridgehead atoms. The summed E-state index contributed by atoms with van der Waals surface area (Å²) in [7, 11) is 0. The van der Waals surface area contributed by atoms with Gasteiger partial charge in [0.1, 0.15) is 5.82 Å². The van der Waals surface area contributed by atoms with Crippen LogP contribution in [-0.2, 0) is 6.42 Å². The van der Waals surface area contributed by atoms with Gasteiger partial charge < -0.3 is 10.3 Å². The predicted octanol–water partition coefficient (Wildman–Crippen LogP) is 3.16. The third-order valence-electron chi connectivity index (χ3n) is 6.42. The van der Waals surface area contributed by atoms with Crippen molar-refractivity contribution in [3.63, 3.8) is 0 Å². The van der Waals surface area contributed by atoms with Crippen molar-refractivity contribution in [3.8, 4) is 0 Å². The van der Waals surface area contributed by atoms with Crippen molar-refractivity contribution in [3.05, 3.63) is 18.2 Å². The maximum absolute atomic E-state index is 6.26. The van der Waals surface area contributed by atoms with Gasteiger partial charge in [-0.2, -0.15) is 0 Å². The van der Waals surface area contributed by atoms with E-state index in [1.54, 1.807) is 0 Å². The molecule has 1 atom stereocenters. The fraction of sp³-hybridized carbons (Fsp3) is 0.824. The molecule has 0 spiro atoms. The lowest BCUT2D eigenvalue weighted by Gasteiger charge is -2.59. The minimum absolute atomic E-state index is 0.480. The van der Waals surface area contributed by atoms with E-state index in [9.17, 15) is 0 Å². The highest BCUT2D eigenvalue weighted by molar-refractivity contribution is 5.08. The number of imidazole rings is 1. The van der Waals surface area contributed by atoms with Crippen LogP contribution in [0.2, 0.25) is 0 Å². The van der Waals surface area contributed by atoms with Gasteiger partial charge in [-0.05, 0) is 61.7 Å². The van der Waals surface area contributed by atoms with Crippen molar-refractivity contribution in [2.75, 3.05) is 6.54 Å². The number of nitrogens with zero attached hydrogens (tertiary/aromatic N) is 2. The highest BCUT2D eigenvalue weighted by Gasteiger charge is 2.54. The summed E-state index contributed by atoms with van der Waals surface area (Å²) in [6.07, 6.45) is 13.9. The number of nitrogens with two attached hydrogens (primary N) is 1. The lowest BCUT2D eigenvalue weighted by molar-refractivity contribution is -0.0811. The van der Waals surface area contributed by atoms with E-state index in [-0.39, 0.29) is 0 Å². The van der Waals surface area contributed by atoms with E-state index in [0.29, 0.717) is 11.5 Å². The number of aromatic nitrogens is 2. The summed E-state index contributed by atoms with van der Waals surface area (Å²) in [6.45, 7) is 2.97. The zero-order valence-electron chi connectivity index (χ0n) is 12.6. The van der Waals surface area contributed by atoms with Crippen LogP contribution in [-0.4, -0.2) is 16.1 Å². The second-order valence-corrected chi connectivity index (χ2v) is 7.64. The van der Waals surface area contributed by atoms with E-state index in [1.165, 1.54) is 44.3 Å². The van der Waals surface area contributed by atoms with Gasteiger partial charge in [-0.3, -0.25) is 0 Å². The Bertz CT molecular complexity index is 455. The molecule has 0 aromatic carbocycles. The Morgan fingerprint density at radius 3 is 2.35 bits per heavy atom. The molecule has 110 valence electrons. The Morgan fingerprint density at radius 2 is 1.85 bits per heavy atom. The summed E-state index contributed by atoms with van der Waals surface area (Å²) in [5, 5.41) is 0. The van der Waals surface area contributed by atoms with Gasteiger partial charge in [0, 0.05) is 25.4 Å². The largest absolute Gasteiger partial charge is 0.330 e.